The Bertz CT molecular complexity index is 431. The molecule has 1 aliphatic heterocycles. The number of unbranched alkanes of at least 4 members (excludes halogenated alkanes) is 1. The molecule has 1 aliphatic carbocycles. The topological polar surface area (TPSA) is 53.1 Å². The van der Waals surface area contributed by atoms with Crippen LogP contribution in [0.1, 0.15) is 68.8 Å². The first-order valence-electron chi connectivity index (χ1n) is 7.74. The molecule has 2 N–H and O–H groups in total. The van der Waals surface area contributed by atoms with Gasteiger partial charge < -0.3 is 15.0 Å². The molecule has 1 atom stereocenters. The lowest BCUT2D eigenvalue weighted by Crippen LogP contribution is -2.17. The molecule has 2 aliphatic rings. The van der Waals surface area contributed by atoms with E-state index in [9.17, 15) is 0 Å². The predicted octanol–water partition coefficient (Wildman–Crippen LogP) is 3.04. The van der Waals surface area contributed by atoms with E-state index in [1.807, 2.05) is 0 Å². The number of nitrogens with zero attached hydrogens (tertiary/aromatic N) is 2. The Morgan fingerprint density at radius 3 is 2.79 bits per heavy atom. The molecule has 4 nitrogen and oxygen atoms in total. The van der Waals surface area contributed by atoms with Crippen LogP contribution >= 0.6 is 0 Å². The number of hydrogen-bond acceptors (Lipinski definition) is 3. The maximum Gasteiger partial charge on any atom is 0.127 e. The lowest BCUT2D eigenvalue weighted by molar-refractivity contribution is 0.0796. The van der Waals surface area contributed by atoms with E-state index in [2.05, 4.69) is 11.5 Å². The molecule has 0 radical (unpaired) electrons. The molecule has 2 fully saturated rings. The summed E-state index contributed by atoms with van der Waals surface area (Å²) < 4.78 is 7.88. The highest BCUT2D eigenvalue weighted by molar-refractivity contribution is 5.42. The van der Waals surface area contributed by atoms with Gasteiger partial charge in [0.05, 0.1) is 12.3 Å². The van der Waals surface area contributed by atoms with Gasteiger partial charge in [0, 0.05) is 25.0 Å². The first kappa shape index (κ1) is 13.0. The van der Waals surface area contributed by atoms with Crippen LogP contribution in [0.5, 0.6) is 0 Å². The number of imidazole rings is 1. The molecule has 1 aromatic rings. The Kier molecular flexibility index (Phi) is 3.78. The summed E-state index contributed by atoms with van der Waals surface area (Å²) >= 11 is 0. The van der Waals surface area contributed by atoms with Crippen molar-refractivity contribution in [3.8, 4) is 0 Å². The molecular formula is C15H25N3O. The van der Waals surface area contributed by atoms with E-state index in [-0.39, 0.29) is 0 Å². The number of hydrogen-bond donors (Lipinski definition) is 1. The summed E-state index contributed by atoms with van der Waals surface area (Å²) in [7, 11) is 0. The highest BCUT2D eigenvalue weighted by Gasteiger charge is 2.32. The molecule has 0 aromatic carbocycles. The average molecular weight is 263 g/mol. The summed E-state index contributed by atoms with van der Waals surface area (Å²) in [6, 6.07) is 0. The first-order valence-corrected chi connectivity index (χ1v) is 7.74. The normalized spacial score (nSPS) is 23.7. The zero-order valence-corrected chi connectivity index (χ0v) is 11.9. The Morgan fingerprint density at radius 1 is 1.32 bits per heavy atom. The van der Waals surface area contributed by atoms with Gasteiger partial charge in [0.2, 0.25) is 0 Å². The molecule has 4 heteroatoms. The second-order valence-electron chi connectivity index (χ2n) is 5.93. The van der Waals surface area contributed by atoms with Crippen molar-refractivity contribution in [1.82, 2.24) is 9.55 Å². The third-order valence-corrected chi connectivity index (χ3v) is 4.29. The monoisotopic (exact) mass is 263 g/mol. The van der Waals surface area contributed by atoms with Gasteiger partial charge in [0.25, 0.3) is 0 Å². The fraction of sp³-hybridized carbons (Fsp3) is 0.800. The van der Waals surface area contributed by atoms with Crippen molar-refractivity contribution >= 4 is 5.82 Å². The zero-order valence-electron chi connectivity index (χ0n) is 11.9. The minimum atomic E-state index is 0.411. The number of rotatable bonds is 5. The lowest BCUT2D eigenvalue weighted by atomic mass is 9.98. The summed E-state index contributed by atoms with van der Waals surface area (Å²) in [5, 5.41) is 0. The number of nitrogen functional groups attached to an aromatic ring is 1. The van der Waals surface area contributed by atoms with Crippen molar-refractivity contribution in [2.45, 2.75) is 63.8 Å². The molecule has 1 saturated heterocycles. The van der Waals surface area contributed by atoms with Crippen molar-refractivity contribution in [2.24, 2.45) is 0 Å². The van der Waals surface area contributed by atoms with Gasteiger partial charge in [0.15, 0.2) is 0 Å². The van der Waals surface area contributed by atoms with Crippen molar-refractivity contribution in [2.75, 3.05) is 18.9 Å². The maximum absolute atomic E-state index is 6.39. The van der Waals surface area contributed by atoms with E-state index in [1.54, 1.807) is 0 Å². The van der Waals surface area contributed by atoms with Gasteiger partial charge in [-0.15, -0.1) is 0 Å². The van der Waals surface area contributed by atoms with E-state index < -0.39 is 0 Å². The number of nitrogens with two attached hydrogens (primary N) is 1. The molecule has 0 amide bonds. The Hall–Kier alpha value is -1.03. The van der Waals surface area contributed by atoms with Crippen LogP contribution in [0.25, 0.3) is 0 Å². The van der Waals surface area contributed by atoms with Crippen LogP contribution in [0.4, 0.5) is 5.82 Å². The van der Waals surface area contributed by atoms with E-state index in [4.69, 9.17) is 15.5 Å². The van der Waals surface area contributed by atoms with E-state index in [0.717, 1.165) is 37.7 Å². The highest BCUT2D eigenvalue weighted by Crippen LogP contribution is 2.42. The largest absolute Gasteiger partial charge is 0.384 e. The van der Waals surface area contributed by atoms with E-state index in [0.29, 0.717) is 11.8 Å². The van der Waals surface area contributed by atoms with Gasteiger partial charge in [-0.05, 0) is 32.1 Å². The Morgan fingerprint density at radius 2 is 2.16 bits per heavy atom. The van der Waals surface area contributed by atoms with Crippen LogP contribution in [-0.4, -0.2) is 22.8 Å². The molecule has 19 heavy (non-hydrogen) atoms. The zero-order chi connectivity index (χ0) is 13.2. The van der Waals surface area contributed by atoms with Crippen molar-refractivity contribution in [3.63, 3.8) is 0 Å². The molecule has 1 saturated carbocycles. The van der Waals surface area contributed by atoms with E-state index >= 15 is 0 Å². The summed E-state index contributed by atoms with van der Waals surface area (Å²) in [6.45, 7) is 4.93. The van der Waals surface area contributed by atoms with Gasteiger partial charge in [-0.3, -0.25) is 0 Å². The summed E-state index contributed by atoms with van der Waals surface area (Å²) in [6.07, 6.45) is 7.24. The van der Waals surface area contributed by atoms with Crippen LogP contribution in [-0.2, 0) is 11.3 Å². The fourth-order valence-corrected chi connectivity index (χ4v) is 2.96. The molecule has 1 unspecified atom stereocenters. The van der Waals surface area contributed by atoms with Gasteiger partial charge in [-0.25, -0.2) is 4.98 Å². The molecule has 0 spiro atoms. The maximum atomic E-state index is 6.39. The van der Waals surface area contributed by atoms with Gasteiger partial charge >= 0.3 is 0 Å². The molecule has 2 heterocycles. The van der Waals surface area contributed by atoms with Crippen LogP contribution in [0.15, 0.2) is 0 Å². The van der Waals surface area contributed by atoms with Crippen molar-refractivity contribution in [1.29, 1.82) is 0 Å². The third-order valence-electron chi connectivity index (χ3n) is 4.29. The van der Waals surface area contributed by atoms with Crippen LogP contribution in [0.3, 0.4) is 0 Å². The standard InChI is InChI=1S/C15H25N3O/c1-2-3-8-18-14(16)13(12-5-4-9-19-10-12)17-15(18)11-6-7-11/h11-12H,2-10,16H2,1H3. The van der Waals surface area contributed by atoms with Crippen molar-refractivity contribution < 1.29 is 4.74 Å². The minimum Gasteiger partial charge on any atom is -0.384 e. The van der Waals surface area contributed by atoms with Crippen LogP contribution in [0.2, 0.25) is 0 Å². The smallest absolute Gasteiger partial charge is 0.127 e. The van der Waals surface area contributed by atoms with Crippen LogP contribution < -0.4 is 5.73 Å². The van der Waals surface area contributed by atoms with Gasteiger partial charge in [-0.2, -0.15) is 0 Å². The highest BCUT2D eigenvalue weighted by atomic mass is 16.5. The van der Waals surface area contributed by atoms with Crippen molar-refractivity contribution in [3.05, 3.63) is 11.5 Å². The van der Waals surface area contributed by atoms with Crippen LogP contribution in [0, 0.1) is 0 Å². The fourth-order valence-electron chi connectivity index (χ4n) is 2.96. The third kappa shape index (κ3) is 2.64. The molecule has 3 rings (SSSR count). The second-order valence-corrected chi connectivity index (χ2v) is 5.93. The molecule has 0 bridgehead atoms. The Labute approximate surface area is 115 Å². The second kappa shape index (κ2) is 5.53. The minimum absolute atomic E-state index is 0.411. The van der Waals surface area contributed by atoms with E-state index in [1.165, 1.54) is 37.9 Å². The van der Waals surface area contributed by atoms with Gasteiger partial charge in [0.1, 0.15) is 11.6 Å². The first-order chi connectivity index (χ1) is 9.31. The quantitative estimate of drug-likeness (QED) is 0.888. The molecule has 106 valence electrons. The van der Waals surface area contributed by atoms with Gasteiger partial charge in [-0.1, -0.05) is 13.3 Å². The Balaban J connectivity index is 1.86. The molecular weight excluding hydrogens is 238 g/mol. The number of ether oxygens (including phenoxy) is 1. The summed E-state index contributed by atoms with van der Waals surface area (Å²) in [4.78, 5) is 4.91. The average Bonchev–Trinajstić information content (AvgIpc) is 3.23. The number of aromatic nitrogens is 2. The molecule has 1 aromatic heterocycles. The number of anilines is 1. The predicted molar refractivity (Wildman–Crippen MR) is 76.3 cm³/mol. The lowest BCUT2D eigenvalue weighted by Gasteiger charge is -2.21. The summed E-state index contributed by atoms with van der Waals surface area (Å²) in [5.41, 5.74) is 7.50. The SMILES string of the molecule is CCCCn1c(C2CC2)nc(C2CCCOC2)c1N. The summed E-state index contributed by atoms with van der Waals surface area (Å²) in [5.74, 6) is 3.23.